The van der Waals surface area contributed by atoms with Gasteiger partial charge in [-0.1, -0.05) is 158 Å². The van der Waals surface area contributed by atoms with Crippen molar-refractivity contribution >= 4 is 65.6 Å². The fraction of sp³-hybridized carbons (Fsp3) is 0.0182. The Bertz CT molecular complexity index is 3170. The molecule has 2 nitrogen and oxygen atoms in total. The number of anilines is 6. The maximum atomic E-state index is 2.51. The second kappa shape index (κ2) is 12.9. The van der Waals surface area contributed by atoms with Gasteiger partial charge in [-0.2, -0.15) is 0 Å². The summed E-state index contributed by atoms with van der Waals surface area (Å²) in [4.78, 5) is 4.95. The van der Waals surface area contributed by atoms with Gasteiger partial charge in [0.25, 0.3) is 0 Å². The van der Waals surface area contributed by atoms with Crippen molar-refractivity contribution in [3.05, 3.63) is 241 Å². The van der Waals surface area contributed by atoms with E-state index in [0.29, 0.717) is 0 Å². The largest absolute Gasteiger partial charge is 0.310 e. The smallest absolute Gasteiger partial charge is 0.0755 e. The Hall–Kier alpha value is -7.20. The molecule has 272 valence electrons. The van der Waals surface area contributed by atoms with Crippen molar-refractivity contribution in [1.29, 1.82) is 0 Å². The third kappa shape index (κ3) is 4.71. The van der Waals surface area contributed by atoms with Crippen LogP contribution >= 0.6 is 11.3 Å². The van der Waals surface area contributed by atoms with Crippen LogP contribution in [0.4, 0.5) is 34.1 Å². The average molecular weight is 757 g/mol. The molecule has 1 aliphatic heterocycles. The highest BCUT2D eigenvalue weighted by atomic mass is 32.1. The van der Waals surface area contributed by atoms with E-state index in [4.69, 9.17) is 0 Å². The summed E-state index contributed by atoms with van der Waals surface area (Å²) in [5, 5.41) is 2.61. The molecule has 0 bridgehead atoms. The zero-order chi connectivity index (χ0) is 38.2. The zero-order valence-corrected chi connectivity index (χ0v) is 32.4. The molecule has 3 heteroatoms. The Morgan fingerprint density at radius 1 is 0.414 bits per heavy atom. The second-order valence-electron chi connectivity index (χ2n) is 15.2. The molecule has 0 fully saturated rings. The van der Waals surface area contributed by atoms with Gasteiger partial charge in [0.05, 0.1) is 16.8 Å². The van der Waals surface area contributed by atoms with Gasteiger partial charge in [0, 0.05) is 54.0 Å². The number of rotatable bonds is 6. The normalized spacial score (nSPS) is 14.9. The number of benzene rings is 9. The van der Waals surface area contributed by atoms with Gasteiger partial charge in [-0.05, 0) is 94.0 Å². The summed E-state index contributed by atoms with van der Waals surface area (Å²) in [6.45, 7) is 0. The van der Waals surface area contributed by atoms with E-state index in [9.17, 15) is 0 Å². The van der Waals surface area contributed by atoms with Gasteiger partial charge in [0.15, 0.2) is 0 Å². The molecule has 1 unspecified atom stereocenters. The maximum Gasteiger partial charge on any atom is 0.0755 e. The Balaban J connectivity index is 1.17. The number of nitrogens with zero attached hydrogens (tertiary/aromatic N) is 2. The molecule has 1 aromatic heterocycles. The first-order valence-corrected chi connectivity index (χ1v) is 20.8. The molecule has 10 aromatic rings. The average Bonchev–Trinajstić information content (AvgIpc) is 3.82. The lowest BCUT2D eigenvalue weighted by Crippen LogP contribution is -2.36. The van der Waals surface area contributed by atoms with E-state index >= 15 is 0 Å². The van der Waals surface area contributed by atoms with E-state index in [-0.39, 0.29) is 0 Å². The molecule has 0 radical (unpaired) electrons. The second-order valence-corrected chi connectivity index (χ2v) is 16.3. The molecule has 9 aromatic carbocycles. The number of hydrogen-bond donors (Lipinski definition) is 0. The van der Waals surface area contributed by atoms with Crippen LogP contribution in [-0.2, 0) is 5.41 Å². The van der Waals surface area contributed by atoms with E-state index in [1.807, 2.05) is 11.3 Å². The van der Waals surface area contributed by atoms with Gasteiger partial charge >= 0.3 is 0 Å². The predicted molar refractivity (Wildman–Crippen MR) is 245 cm³/mol. The van der Waals surface area contributed by atoms with E-state index in [2.05, 4.69) is 228 Å². The van der Waals surface area contributed by atoms with Crippen LogP contribution in [0.15, 0.2) is 218 Å². The van der Waals surface area contributed by atoms with Crippen molar-refractivity contribution in [2.45, 2.75) is 5.41 Å². The van der Waals surface area contributed by atoms with Crippen molar-refractivity contribution in [3.8, 4) is 22.3 Å². The third-order valence-corrected chi connectivity index (χ3v) is 13.4. The summed E-state index contributed by atoms with van der Waals surface area (Å²) in [6.07, 6.45) is 0. The van der Waals surface area contributed by atoms with Crippen LogP contribution < -0.4 is 9.80 Å². The van der Waals surface area contributed by atoms with Crippen LogP contribution in [0.5, 0.6) is 0 Å². The van der Waals surface area contributed by atoms with Crippen molar-refractivity contribution in [2.24, 2.45) is 0 Å². The minimum absolute atomic E-state index is 0.596. The lowest BCUT2D eigenvalue weighted by atomic mass is 9.64. The molecule has 1 aliphatic carbocycles. The lowest BCUT2D eigenvalue weighted by Gasteiger charge is -2.45. The molecule has 12 rings (SSSR count). The van der Waals surface area contributed by atoms with Crippen LogP contribution in [-0.4, -0.2) is 0 Å². The Kier molecular flexibility index (Phi) is 7.35. The molecular formula is C55H36N2S. The monoisotopic (exact) mass is 756 g/mol. The van der Waals surface area contributed by atoms with Crippen LogP contribution in [0.25, 0.3) is 42.4 Å². The van der Waals surface area contributed by atoms with Crippen LogP contribution in [0.1, 0.15) is 22.3 Å². The van der Waals surface area contributed by atoms with Crippen molar-refractivity contribution in [1.82, 2.24) is 0 Å². The Labute approximate surface area is 342 Å². The van der Waals surface area contributed by atoms with Crippen LogP contribution in [0, 0.1) is 0 Å². The molecule has 1 atom stereocenters. The van der Waals surface area contributed by atoms with Gasteiger partial charge in [-0.3, -0.25) is 0 Å². The summed E-state index contributed by atoms with van der Waals surface area (Å²) in [5.41, 5.74) is 16.5. The van der Waals surface area contributed by atoms with E-state index < -0.39 is 5.41 Å². The first kappa shape index (κ1) is 33.0. The summed E-state index contributed by atoms with van der Waals surface area (Å²) < 4.78 is 2.60. The number of thiophene rings is 1. The first-order chi connectivity index (χ1) is 28.8. The van der Waals surface area contributed by atoms with Gasteiger partial charge in [-0.15, -0.1) is 11.3 Å². The van der Waals surface area contributed by atoms with E-state index in [1.165, 1.54) is 76.1 Å². The fourth-order valence-electron chi connectivity index (χ4n) is 9.88. The SMILES string of the molecule is c1ccc(-c2ccc3c4c2N(c2ccccc2)c2ccccc2C4(c2ccccc2)c2cc(N(c4ccccc4)c4ccc5c(c4)sc4ccccc45)ccc2-3)cc1. The fourth-order valence-corrected chi connectivity index (χ4v) is 11.0. The number of fused-ring (bicyclic) bond motifs is 8. The van der Waals surface area contributed by atoms with Gasteiger partial charge in [0.2, 0.25) is 0 Å². The number of hydrogen-bond acceptors (Lipinski definition) is 3. The summed E-state index contributed by atoms with van der Waals surface area (Å²) in [5.74, 6) is 0. The van der Waals surface area contributed by atoms with E-state index in [0.717, 1.165) is 22.7 Å². The lowest BCUT2D eigenvalue weighted by molar-refractivity contribution is 0.754. The van der Waals surface area contributed by atoms with Gasteiger partial charge in [0.1, 0.15) is 0 Å². The minimum atomic E-state index is -0.596. The van der Waals surface area contributed by atoms with Crippen molar-refractivity contribution in [2.75, 3.05) is 9.80 Å². The molecule has 0 saturated carbocycles. The molecule has 58 heavy (non-hydrogen) atoms. The number of para-hydroxylation sites is 3. The summed E-state index contributed by atoms with van der Waals surface area (Å²) >= 11 is 1.86. The third-order valence-electron chi connectivity index (χ3n) is 12.2. The van der Waals surface area contributed by atoms with Crippen molar-refractivity contribution in [3.63, 3.8) is 0 Å². The van der Waals surface area contributed by atoms with Crippen LogP contribution in [0.3, 0.4) is 0 Å². The molecule has 0 amide bonds. The van der Waals surface area contributed by atoms with Crippen LogP contribution in [0.2, 0.25) is 0 Å². The van der Waals surface area contributed by atoms with Crippen molar-refractivity contribution < 1.29 is 0 Å². The molecule has 2 aliphatic rings. The standard InChI is InChI=1S/C55H36N2S/c1-5-17-37(18-6-1)43-33-34-47-44-31-29-41(56(39-21-9-3-10-22-39)42-30-32-46-45-25-13-16-28-51(45)58-52(46)36-42)35-49(44)55(38-19-7-2-8-20-38)48-26-14-15-27-50(48)57(54(43)53(47)55)40-23-11-4-12-24-40/h1-36H. The first-order valence-electron chi connectivity index (χ1n) is 19.9. The molecule has 0 spiro atoms. The highest BCUT2D eigenvalue weighted by molar-refractivity contribution is 7.25. The maximum absolute atomic E-state index is 2.51. The summed E-state index contributed by atoms with van der Waals surface area (Å²) in [6, 6.07) is 80.6. The zero-order valence-electron chi connectivity index (χ0n) is 31.6. The van der Waals surface area contributed by atoms with E-state index in [1.54, 1.807) is 0 Å². The molecule has 2 heterocycles. The summed E-state index contributed by atoms with van der Waals surface area (Å²) in [7, 11) is 0. The molecule has 0 saturated heterocycles. The highest BCUT2D eigenvalue weighted by Gasteiger charge is 2.53. The highest BCUT2D eigenvalue weighted by Crippen LogP contribution is 2.66. The molecular weight excluding hydrogens is 721 g/mol. The quantitative estimate of drug-likeness (QED) is 0.167. The van der Waals surface area contributed by atoms with Gasteiger partial charge in [-0.25, -0.2) is 0 Å². The molecule has 0 N–H and O–H groups in total. The Morgan fingerprint density at radius 3 is 1.83 bits per heavy atom. The van der Waals surface area contributed by atoms with Gasteiger partial charge < -0.3 is 9.80 Å². The minimum Gasteiger partial charge on any atom is -0.310 e. The topological polar surface area (TPSA) is 6.48 Å². The predicted octanol–water partition coefficient (Wildman–Crippen LogP) is 15.3. The Morgan fingerprint density at radius 2 is 1.02 bits per heavy atom.